The maximum Gasteiger partial charge on any atom is 0.266 e. The van der Waals surface area contributed by atoms with E-state index in [-0.39, 0.29) is 12.2 Å². The van der Waals surface area contributed by atoms with E-state index in [0.29, 0.717) is 45.2 Å². The Morgan fingerprint density at radius 2 is 1.67 bits per heavy atom. The molecule has 6 nitrogen and oxygen atoms in total. The highest BCUT2D eigenvalue weighted by Gasteiger charge is 2.13. The number of hydrogen-bond acceptors (Lipinski definition) is 5. The highest BCUT2D eigenvalue weighted by atomic mass is 35.5. The lowest BCUT2D eigenvalue weighted by molar-refractivity contribution is -0.112. The van der Waals surface area contributed by atoms with E-state index in [0.717, 1.165) is 11.1 Å². The van der Waals surface area contributed by atoms with Crippen molar-refractivity contribution in [2.75, 3.05) is 12.4 Å². The summed E-state index contributed by atoms with van der Waals surface area (Å²) in [7, 11) is 1.55. The fourth-order valence-electron chi connectivity index (χ4n) is 3.59. The smallest absolute Gasteiger partial charge is 0.266 e. The van der Waals surface area contributed by atoms with Crippen molar-refractivity contribution >= 4 is 40.9 Å². The van der Waals surface area contributed by atoms with Crippen LogP contribution in [0, 0.1) is 11.3 Å². The molecular weight excluding hydrogens is 535 g/mol. The number of halogens is 2. The molecule has 0 aliphatic rings. The molecule has 0 aromatic heterocycles. The van der Waals surface area contributed by atoms with Gasteiger partial charge < -0.3 is 19.5 Å². The van der Waals surface area contributed by atoms with E-state index in [1.807, 2.05) is 36.4 Å². The average molecular weight is 559 g/mol. The summed E-state index contributed by atoms with van der Waals surface area (Å²) in [4.78, 5) is 12.9. The summed E-state index contributed by atoms with van der Waals surface area (Å²) in [5.41, 5.74) is 2.71. The number of rotatable bonds is 10. The number of nitrogens with one attached hydrogen (secondary N) is 1. The van der Waals surface area contributed by atoms with Crippen LogP contribution in [0.15, 0.2) is 96.6 Å². The van der Waals surface area contributed by atoms with Gasteiger partial charge in [0.2, 0.25) is 0 Å². The molecule has 0 heterocycles. The zero-order chi connectivity index (χ0) is 27.6. The summed E-state index contributed by atoms with van der Waals surface area (Å²) in [5, 5.41) is 13.7. The third kappa shape index (κ3) is 7.78. The zero-order valence-corrected chi connectivity index (χ0v) is 22.5. The highest BCUT2D eigenvalue weighted by molar-refractivity contribution is 6.31. The first-order valence-electron chi connectivity index (χ1n) is 11.9. The quantitative estimate of drug-likeness (QED) is 0.159. The minimum absolute atomic E-state index is 0.0909. The number of nitriles is 1. The maximum atomic E-state index is 12.9. The van der Waals surface area contributed by atoms with Gasteiger partial charge in [-0.2, -0.15) is 5.26 Å². The lowest BCUT2D eigenvalue weighted by atomic mass is 10.1. The summed E-state index contributed by atoms with van der Waals surface area (Å²) in [6.07, 6.45) is 1.48. The zero-order valence-electron chi connectivity index (χ0n) is 21.0. The molecule has 39 heavy (non-hydrogen) atoms. The molecule has 0 fully saturated rings. The van der Waals surface area contributed by atoms with Crippen molar-refractivity contribution in [3.05, 3.63) is 123 Å². The summed E-state index contributed by atoms with van der Waals surface area (Å²) in [6.45, 7) is 0.559. The van der Waals surface area contributed by atoms with Crippen LogP contribution < -0.4 is 19.5 Å². The number of carbonyl (C=O) groups is 1. The van der Waals surface area contributed by atoms with Crippen LogP contribution in [0.25, 0.3) is 6.08 Å². The van der Waals surface area contributed by atoms with Gasteiger partial charge in [-0.1, -0.05) is 53.5 Å². The van der Waals surface area contributed by atoms with Gasteiger partial charge >= 0.3 is 0 Å². The van der Waals surface area contributed by atoms with Gasteiger partial charge in [0.1, 0.15) is 42.1 Å². The van der Waals surface area contributed by atoms with Crippen LogP contribution in [0.3, 0.4) is 0 Å². The van der Waals surface area contributed by atoms with Crippen molar-refractivity contribution in [2.24, 2.45) is 0 Å². The molecule has 196 valence electrons. The molecule has 1 N–H and O–H groups in total. The summed E-state index contributed by atoms with van der Waals surface area (Å²) >= 11 is 12.2. The Labute approximate surface area is 237 Å². The number of hydrogen-bond donors (Lipinski definition) is 1. The Kier molecular flexibility index (Phi) is 9.47. The number of benzene rings is 4. The van der Waals surface area contributed by atoms with E-state index >= 15 is 0 Å². The van der Waals surface area contributed by atoms with Gasteiger partial charge in [-0.15, -0.1) is 0 Å². The van der Waals surface area contributed by atoms with Crippen molar-refractivity contribution in [1.82, 2.24) is 0 Å². The van der Waals surface area contributed by atoms with Crippen molar-refractivity contribution in [3.8, 4) is 23.3 Å². The number of methoxy groups -OCH3 is 1. The number of amides is 1. The molecule has 0 bridgehead atoms. The van der Waals surface area contributed by atoms with Crippen molar-refractivity contribution in [1.29, 1.82) is 5.26 Å². The number of ether oxygens (including phenoxy) is 3. The molecule has 0 radical (unpaired) electrons. The van der Waals surface area contributed by atoms with E-state index in [9.17, 15) is 10.1 Å². The predicted molar refractivity (Wildman–Crippen MR) is 153 cm³/mol. The van der Waals surface area contributed by atoms with Crippen molar-refractivity contribution < 1.29 is 19.0 Å². The van der Waals surface area contributed by atoms with Crippen molar-refractivity contribution in [3.63, 3.8) is 0 Å². The lowest BCUT2D eigenvalue weighted by Gasteiger charge is -2.12. The minimum Gasteiger partial charge on any atom is -0.497 e. The first-order chi connectivity index (χ1) is 18.9. The van der Waals surface area contributed by atoms with Gasteiger partial charge in [0.25, 0.3) is 5.91 Å². The molecular formula is C31H24Cl2N2O4. The molecule has 0 spiro atoms. The monoisotopic (exact) mass is 558 g/mol. The van der Waals surface area contributed by atoms with Gasteiger partial charge in [-0.25, -0.2) is 0 Å². The van der Waals surface area contributed by atoms with Crippen LogP contribution >= 0.6 is 23.2 Å². The Morgan fingerprint density at radius 3 is 2.38 bits per heavy atom. The van der Waals surface area contributed by atoms with Crippen LogP contribution in [-0.4, -0.2) is 13.0 Å². The van der Waals surface area contributed by atoms with Crippen molar-refractivity contribution in [2.45, 2.75) is 13.2 Å². The third-order valence-electron chi connectivity index (χ3n) is 5.63. The largest absolute Gasteiger partial charge is 0.497 e. The number of nitrogens with zero attached hydrogens (tertiary/aromatic N) is 1. The van der Waals surface area contributed by atoms with E-state index in [1.54, 1.807) is 67.8 Å². The molecule has 0 saturated heterocycles. The summed E-state index contributed by atoms with van der Waals surface area (Å²) in [6, 6.07) is 28.7. The molecule has 0 aliphatic carbocycles. The molecule has 4 aromatic carbocycles. The molecule has 0 saturated carbocycles. The number of carbonyl (C=O) groups excluding carboxylic acids is 1. The minimum atomic E-state index is -0.557. The Morgan fingerprint density at radius 1 is 0.897 bits per heavy atom. The predicted octanol–water partition coefficient (Wildman–Crippen LogP) is 7.71. The van der Waals surface area contributed by atoms with Gasteiger partial charge in [-0.05, 0) is 66.2 Å². The molecule has 0 aliphatic heterocycles. The topological polar surface area (TPSA) is 80.6 Å². The van der Waals surface area contributed by atoms with E-state index in [2.05, 4.69) is 5.32 Å². The fourth-order valence-corrected chi connectivity index (χ4v) is 3.99. The second-order valence-corrected chi connectivity index (χ2v) is 9.19. The molecule has 8 heteroatoms. The van der Waals surface area contributed by atoms with Crippen LogP contribution in [0.2, 0.25) is 10.0 Å². The van der Waals surface area contributed by atoms with Crippen LogP contribution in [0.5, 0.6) is 17.2 Å². The highest BCUT2D eigenvalue weighted by Crippen LogP contribution is 2.28. The summed E-state index contributed by atoms with van der Waals surface area (Å²) in [5.74, 6) is 1.09. The molecule has 0 unspecified atom stereocenters. The van der Waals surface area contributed by atoms with E-state index in [4.69, 9.17) is 37.4 Å². The number of anilines is 1. The summed E-state index contributed by atoms with van der Waals surface area (Å²) < 4.78 is 17.1. The fraction of sp³-hybridized carbons (Fsp3) is 0.0968. The average Bonchev–Trinajstić information content (AvgIpc) is 2.95. The Hall–Kier alpha value is -4.44. The van der Waals surface area contributed by atoms with Crippen LogP contribution in [-0.2, 0) is 18.0 Å². The molecule has 4 rings (SSSR count). The Bertz CT molecular complexity index is 1530. The maximum absolute atomic E-state index is 12.9. The van der Waals surface area contributed by atoms with Gasteiger partial charge in [0.15, 0.2) is 0 Å². The third-order valence-corrected chi connectivity index (χ3v) is 6.24. The SMILES string of the molecule is COc1ccc(/C=C(\C#N)C(=O)Nc2ccc(OCc3ccccc3Cl)cc2)c(OCc2cccc(Cl)c2)c1. The standard InChI is InChI=1S/C31H24Cl2N2O4/c1-37-28-12-9-22(30(17-28)39-19-21-5-4-7-25(32)15-21)16-24(18-34)31(36)35-26-10-13-27(14-11-26)38-20-23-6-2-3-8-29(23)33/h2-17H,19-20H2,1H3,(H,35,36)/b24-16+. The first kappa shape index (κ1) is 27.6. The first-order valence-corrected chi connectivity index (χ1v) is 12.7. The van der Waals surface area contributed by atoms with Gasteiger partial charge in [-0.3, -0.25) is 4.79 Å². The molecule has 1 amide bonds. The Balaban J connectivity index is 1.45. The molecule has 0 atom stereocenters. The van der Waals surface area contributed by atoms with Crippen LogP contribution in [0.4, 0.5) is 5.69 Å². The normalized spacial score (nSPS) is 10.9. The van der Waals surface area contributed by atoms with Gasteiger partial charge in [0, 0.05) is 32.9 Å². The van der Waals surface area contributed by atoms with Gasteiger partial charge in [0.05, 0.1) is 7.11 Å². The second kappa shape index (κ2) is 13.4. The van der Waals surface area contributed by atoms with Crippen LogP contribution in [0.1, 0.15) is 16.7 Å². The van der Waals surface area contributed by atoms with E-state index in [1.165, 1.54) is 6.08 Å². The molecule has 4 aromatic rings. The second-order valence-electron chi connectivity index (χ2n) is 8.35. The van der Waals surface area contributed by atoms with E-state index < -0.39 is 5.91 Å². The lowest BCUT2D eigenvalue weighted by Crippen LogP contribution is -2.13.